The summed E-state index contributed by atoms with van der Waals surface area (Å²) >= 11 is 0. The fourth-order valence-electron chi connectivity index (χ4n) is 10.8. The zero-order valence-electron chi connectivity index (χ0n) is 32.5. The Morgan fingerprint density at radius 2 is 1.02 bits per heavy atom. The van der Waals surface area contributed by atoms with E-state index >= 15 is 4.57 Å². The van der Waals surface area contributed by atoms with Crippen molar-refractivity contribution >= 4 is 88.7 Å². The zero-order chi connectivity index (χ0) is 40.0. The minimum Gasteiger partial charge on any atom is -0.457 e. The van der Waals surface area contributed by atoms with Gasteiger partial charge in [0.05, 0.1) is 16.4 Å². The highest BCUT2D eigenvalue weighted by atomic mass is 31.2. The Morgan fingerprint density at radius 1 is 0.393 bits per heavy atom. The SMILES string of the molecule is O=P1(c2ccccc2)c2ccccc2C2(c3ccccc3Oc3cc(-n4c5ccccc5c5cc6c(cc54)oc4ccccc46)ccc32)c2cc3c(cc21)oc1ccccc13. The summed E-state index contributed by atoms with van der Waals surface area (Å²) in [6.07, 6.45) is 0. The van der Waals surface area contributed by atoms with Crippen LogP contribution in [0.2, 0.25) is 0 Å². The van der Waals surface area contributed by atoms with Crippen LogP contribution in [0.15, 0.2) is 203 Å². The molecule has 5 heterocycles. The Hall–Kier alpha value is -7.59. The summed E-state index contributed by atoms with van der Waals surface area (Å²) in [6, 6.07) is 67.0. The molecule has 14 rings (SSSR count). The smallest absolute Gasteiger partial charge is 0.171 e. The number of para-hydroxylation sites is 4. The molecule has 0 saturated heterocycles. The number of benzene rings is 9. The number of aromatic nitrogens is 1. The Bertz CT molecular complexity index is 3910. The predicted molar refractivity (Wildman–Crippen MR) is 247 cm³/mol. The van der Waals surface area contributed by atoms with Crippen LogP contribution in [-0.4, -0.2) is 4.57 Å². The second-order valence-corrected chi connectivity index (χ2v) is 19.0. The van der Waals surface area contributed by atoms with Gasteiger partial charge in [-0.2, -0.15) is 0 Å². The first-order chi connectivity index (χ1) is 30.1. The number of rotatable bonds is 2. The summed E-state index contributed by atoms with van der Waals surface area (Å²) < 4.78 is 38.9. The van der Waals surface area contributed by atoms with E-state index in [1.165, 1.54) is 0 Å². The molecule has 5 nitrogen and oxygen atoms in total. The van der Waals surface area contributed by atoms with Gasteiger partial charge < -0.3 is 22.7 Å². The standard InChI is InChI=1S/C55H32NO4P/c57-61(34-14-2-1-3-15-34)53-25-13-8-20-43(53)55(44-30-40-37-18-6-11-23-48(37)59-51(40)32-54(44)61)41-19-7-12-24-49(41)60-52-28-33(26-27-42(52)55)56-45-21-9-4-16-35(45)38-29-39-36-17-5-10-22-47(36)58-50(39)31-46(38)56/h1-32H. The molecular weight excluding hydrogens is 770 g/mol. The topological polar surface area (TPSA) is 57.5 Å². The molecule has 1 spiro atoms. The number of fused-ring (bicyclic) bond motifs is 17. The molecule has 3 aromatic heterocycles. The molecule has 9 aromatic carbocycles. The van der Waals surface area contributed by atoms with Crippen LogP contribution in [0.25, 0.3) is 71.4 Å². The summed E-state index contributed by atoms with van der Waals surface area (Å²) in [6.45, 7) is 0. The average molecular weight is 802 g/mol. The first-order valence-corrected chi connectivity index (χ1v) is 22.3. The third kappa shape index (κ3) is 4.18. The van der Waals surface area contributed by atoms with Crippen molar-refractivity contribution in [2.75, 3.05) is 0 Å². The van der Waals surface area contributed by atoms with E-state index < -0.39 is 12.6 Å². The normalized spacial score (nSPS) is 17.8. The quantitative estimate of drug-likeness (QED) is 0.163. The number of hydrogen-bond acceptors (Lipinski definition) is 4. The molecule has 2 aliphatic rings. The van der Waals surface area contributed by atoms with Crippen molar-refractivity contribution in [3.63, 3.8) is 0 Å². The van der Waals surface area contributed by atoms with Crippen LogP contribution in [0.4, 0.5) is 0 Å². The first-order valence-electron chi connectivity index (χ1n) is 20.6. The predicted octanol–water partition coefficient (Wildman–Crippen LogP) is 13.0. The lowest BCUT2D eigenvalue weighted by Crippen LogP contribution is -2.48. The van der Waals surface area contributed by atoms with Crippen LogP contribution < -0.4 is 20.7 Å². The molecule has 61 heavy (non-hydrogen) atoms. The van der Waals surface area contributed by atoms with Gasteiger partial charge in [-0.1, -0.05) is 133 Å². The first kappa shape index (κ1) is 33.3. The van der Waals surface area contributed by atoms with Crippen molar-refractivity contribution in [2.45, 2.75) is 5.41 Å². The van der Waals surface area contributed by atoms with E-state index in [4.69, 9.17) is 13.6 Å². The summed E-state index contributed by atoms with van der Waals surface area (Å²) in [5.74, 6) is 1.49. The van der Waals surface area contributed by atoms with Crippen LogP contribution in [0.3, 0.4) is 0 Å². The lowest BCUT2D eigenvalue weighted by atomic mass is 9.63. The maximum absolute atomic E-state index is 16.5. The molecule has 0 amide bonds. The van der Waals surface area contributed by atoms with Crippen molar-refractivity contribution in [2.24, 2.45) is 0 Å². The highest BCUT2D eigenvalue weighted by Gasteiger charge is 2.55. The summed E-state index contributed by atoms with van der Waals surface area (Å²) in [5, 5.41) is 8.89. The van der Waals surface area contributed by atoms with Gasteiger partial charge in [0.1, 0.15) is 33.8 Å². The molecule has 0 bridgehead atoms. The highest BCUT2D eigenvalue weighted by molar-refractivity contribution is 7.85. The fraction of sp³-hybridized carbons (Fsp3) is 0.0182. The minimum atomic E-state index is -3.46. The fourth-order valence-corrected chi connectivity index (χ4v) is 14.0. The number of hydrogen-bond donors (Lipinski definition) is 0. The molecule has 2 aliphatic heterocycles. The van der Waals surface area contributed by atoms with Crippen LogP contribution in [0.5, 0.6) is 11.5 Å². The van der Waals surface area contributed by atoms with Gasteiger partial charge in [0.15, 0.2) is 7.14 Å². The lowest BCUT2D eigenvalue weighted by molar-refractivity contribution is 0.435. The summed E-state index contributed by atoms with van der Waals surface area (Å²) in [4.78, 5) is 0. The summed E-state index contributed by atoms with van der Waals surface area (Å²) in [5.41, 5.74) is 9.36. The van der Waals surface area contributed by atoms with E-state index in [-0.39, 0.29) is 0 Å². The molecule has 0 aliphatic carbocycles. The average Bonchev–Trinajstić information content (AvgIpc) is 3.98. The van der Waals surface area contributed by atoms with Crippen molar-refractivity contribution in [3.05, 3.63) is 216 Å². The van der Waals surface area contributed by atoms with Gasteiger partial charge in [0.2, 0.25) is 0 Å². The number of nitrogens with zero attached hydrogens (tertiary/aromatic N) is 1. The van der Waals surface area contributed by atoms with Gasteiger partial charge in [0, 0.05) is 77.2 Å². The lowest BCUT2D eigenvalue weighted by Gasteiger charge is -2.47. The van der Waals surface area contributed by atoms with Crippen molar-refractivity contribution < 1.29 is 18.1 Å². The molecule has 0 N–H and O–H groups in total. The van der Waals surface area contributed by atoms with Crippen LogP contribution >= 0.6 is 7.14 Å². The zero-order valence-corrected chi connectivity index (χ0v) is 33.4. The molecule has 286 valence electrons. The monoisotopic (exact) mass is 801 g/mol. The highest BCUT2D eigenvalue weighted by Crippen LogP contribution is 2.62. The molecule has 6 heteroatoms. The van der Waals surface area contributed by atoms with Gasteiger partial charge in [-0.15, -0.1) is 0 Å². The van der Waals surface area contributed by atoms with Crippen molar-refractivity contribution in [1.29, 1.82) is 0 Å². The minimum absolute atomic E-state index is 0.714. The Morgan fingerprint density at radius 3 is 1.82 bits per heavy atom. The van der Waals surface area contributed by atoms with Crippen LogP contribution in [-0.2, 0) is 9.98 Å². The molecule has 12 aromatic rings. The number of furan rings is 2. The van der Waals surface area contributed by atoms with Crippen LogP contribution in [0.1, 0.15) is 22.3 Å². The molecule has 0 fully saturated rings. The second-order valence-electron chi connectivity index (χ2n) is 16.3. The van der Waals surface area contributed by atoms with E-state index in [0.29, 0.717) is 5.58 Å². The van der Waals surface area contributed by atoms with E-state index in [0.717, 1.165) is 115 Å². The summed E-state index contributed by atoms with van der Waals surface area (Å²) in [7, 11) is -3.46. The van der Waals surface area contributed by atoms with E-state index in [2.05, 4.69) is 126 Å². The van der Waals surface area contributed by atoms with Crippen LogP contribution in [0, 0.1) is 0 Å². The van der Waals surface area contributed by atoms with Gasteiger partial charge in [0.25, 0.3) is 0 Å². The van der Waals surface area contributed by atoms with Gasteiger partial charge >= 0.3 is 0 Å². The molecule has 2 atom stereocenters. The van der Waals surface area contributed by atoms with E-state index in [1.807, 2.05) is 72.8 Å². The molecule has 0 radical (unpaired) electrons. The molecule has 0 saturated carbocycles. The van der Waals surface area contributed by atoms with E-state index in [1.54, 1.807) is 0 Å². The number of ether oxygens (including phenoxy) is 1. The van der Waals surface area contributed by atoms with Gasteiger partial charge in [-0.25, -0.2) is 0 Å². The largest absolute Gasteiger partial charge is 0.457 e. The second kappa shape index (κ2) is 11.8. The van der Waals surface area contributed by atoms with E-state index in [9.17, 15) is 0 Å². The van der Waals surface area contributed by atoms with Gasteiger partial charge in [-0.3, -0.25) is 0 Å². The third-order valence-electron chi connectivity index (χ3n) is 13.3. The maximum Gasteiger partial charge on any atom is 0.171 e. The third-order valence-corrected chi connectivity index (χ3v) is 16.5. The van der Waals surface area contributed by atoms with Crippen molar-refractivity contribution in [3.8, 4) is 17.2 Å². The maximum atomic E-state index is 16.5. The molecule has 2 unspecified atom stereocenters. The Kier molecular flexibility index (Phi) is 6.43. The Labute approximate surface area is 349 Å². The molecular formula is C55H32NO4P. The van der Waals surface area contributed by atoms with Gasteiger partial charge in [-0.05, 0) is 59.7 Å². The Balaban J connectivity index is 1.10. The van der Waals surface area contributed by atoms with Crippen molar-refractivity contribution in [1.82, 2.24) is 4.57 Å².